The number of carbonyl (C=O) groups excluding carboxylic acids is 2. The maximum Gasteiger partial charge on any atom is 0.272 e. The lowest BCUT2D eigenvalue weighted by Gasteiger charge is -2.34. The van der Waals surface area contributed by atoms with Gasteiger partial charge in [-0.2, -0.15) is 5.10 Å². The molecule has 0 radical (unpaired) electrons. The van der Waals surface area contributed by atoms with Crippen LogP contribution in [0.4, 0.5) is 0 Å². The molecule has 0 unspecified atom stereocenters. The molecule has 1 aliphatic heterocycles. The second kappa shape index (κ2) is 8.82. The molecule has 0 spiro atoms. The summed E-state index contributed by atoms with van der Waals surface area (Å²) < 4.78 is 5.15. The van der Waals surface area contributed by atoms with Crippen molar-refractivity contribution in [3.63, 3.8) is 0 Å². The maximum atomic E-state index is 12.8. The smallest absolute Gasteiger partial charge is 0.272 e. The Morgan fingerprint density at radius 1 is 0.967 bits per heavy atom. The van der Waals surface area contributed by atoms with Crippen LogP contribution >= 0.6 is 0 Å². The Labute approximate surface area is 175 Å². The van der Waals surface area contributed by atoms with Crippen LogP contribution in [-0.2, 0) is 11.2 Å². The molecule has 1 aromatic heterocycles. The first-order chi connectivity index (χ1) is 14.6. The first-order valence-electron chi connectivity index (χ1n) is 9.95. The van der Waals surface area contributed by atoms with E-state index in [0.717, 1.165) is 22.6 Å². The van der Waals surface area contributed by atoms with Crippen LogP contribution in [0, 0.1) is 0 Å². The van der Waals surface area contributed by atoms with Gasteiger partial charge in [0.05, 0.1) is 19.2 Å². The molecule has 0 atom stereocenters. The summed E-state index contributed by atoms with van der Waals surface area (Å²) in [6.45, 7) is 2.07. The molecule has 0 aliphatic carbocycles. The van der Waals surface area contributed by atoms with Crippen molar-refractivity contribution in [2.45, 2.75) is 6.42 Å². The molecule has 3 aromatic rings. The van der Waals surface area contributed by atoms with Gasteiger partial charge in [0.25, 0.3) is 5.91 Å². The minimum Gasteiger partial charge on any atom is -0.497 e. The fourth-order valence-corrected chi connectivity index (χ4v) is 3.55. The standard InChI is InChI=1S/C23H24N4O3/c1-30-19-9-7-17(8-10-19)15-22(28)26-11-13-27(14-12-26)23(29)21-16-20(24-25-21)18-5-3-2-4-6-18/h2-10,16H,11-15H2,1H3,(H,24,25). The largest absolute Gasteiger partial charge is 0.497 e. The van der Waals surface area contributed by atoms with Crippen LogP contribution in [0.25, 0.3) is 11.3 Å². The zero-order chi connectivity index (χ0) is 20.9. The summed E-state index contributed by atoms with van der Waals surface area (Å²) in [7, 11) is 1.62. The van der Waals surface area contributed by atoms with E-state index in [0.29, 0.717) is 38.3 Å². The van der Waals surface area contributed by atoms with Crippen LogP contribution in [0.15, 0.2) is 60.7 Å². The highest BCUT2D eigenvalue weighted by Gasteiger charge is 2.26. The second-order valence-electron chi connectivity index (χ2n) is 7.23. The van der Waals surface area contributed by atoms with Crippen molar-refractivity contribution in [1.82, 2.24) is 20.0 Å². The van der Waals surface area contributed by atoms with Crippen molar-refractivity contribution < 1.29 is 14.3 Å². The number of H-pyrrole nitrogens is 1. The quantitative estimate of drug-likeness (QED) is 0.709. The summed E-state index contributed by atoms with van der Waals surface area (Å²) in [6, 6.07) is 19.0. The molecule has 4 rings (SSSR count). The molecule has 2 aromatic carbocycles. The van der Waals surface area contributed by atoms with Crippen LogP contribution in [0.3, 0.4) is 0 Å². The Morgan fingerprint density at radius 2 is 1.63 bits per heavy atom. The third kappa shape index (κ3) is 4.35. The molecular weight excluding hydrogens is 380 g/mol. The minimum absolute atomic E-state index is 0.0696. The van der Waals surface area contributed by atoms with Gasteiger partial charge in [-0.15, -0.1) is 0 Å². The Morgan fingerprint density at radius 3 is 2.30 bits per heavy atom. The number of benzene rings is 2. The molecule has 2 amide bonds. The third-order valence-electron chi connectivity index (χ3n) is 5.31. The Bertz CT molecular complexity index is 1010. The highest BCUT2D eigenvalue weighted by Crippen LogP contribution is 2.18. The van der Waals surface area contributed by atoms with Crippen molar-refractivity contribution >= 4 is 11.8 Å². The molecule has 1 aliphatic rings. The van der Waals surface area contributed by atoms with E-state index in [2.05, 4.69) is 10.2 Å². The fraction of sp³-hybridized carbons (Fsp3) is 0.261. The zero-order valence-electron chi connectivity index (χ0n) is 16.9. The first kappa shape index (κ1) is 19.7. The second-order valence-corrected chi connectivity index (χ2v) is 7.23. The molecule has 154 valence electrons. The number of piperazine rings is 1. The number of rotatable bonds is 5. The predicted molar refractivity (Wildman–Crippen MR) is 113 cm³/mol. The van der Waals surface area contributed by atoms with Crippen LogP contribution in [-0.4, -0.2) is 65.1 Å². The summed E-state index contributed by atoms with van der Waals surface area (Å²) in [6.07, 6.45) is 0.346. The lowest BCUT2D eigenvalue weighted by Crippen LogP contribution is -2.51. The Kier molecular flexibility index (Phi) is 5.79. The number of nitrogens with one attached hydrogen (secondary N) is 1. The molecule has 2 heterocycles. The van der Waals surface area contributed by atoms with E-state index in [1.54, 1.807) is 18.1 Å². The zero-order valence-corrected chi connectivity index (χ0v) is 16.9. The average Bonchev–Trinajstić information content (AvgIpc) is 3.30. The van der Waals surface area contributed by atoms with Gasteiger partial charge >= 0.3 is 0 Å². The van der Waals surface area contributed by atoms with E-state index in [4.69, 9.17) is 4.74 Å². The molecule has 0 saturated carbocycles. The van der Waals surface area contributed by atoms with E-state index in [-0.39, 0.29) is 11.8 Å². The minimum atomic E-state index is -0.0908. The fourth-order valence-electron chi connectivity index (χ4n) is 3.55. The van der Waals surface area contributed by atoms with Crippen LogP contribution in [0.5, 0.6) is 5.75 Å². The van der Waals surface area contributed by atoms with Crippen molar-refractivity contribution in [2.24, 2.45) is 0 Å². The molecule has 7 nitrogen and oxygen atoms in total. The number of ether oxygens (including phenoxy) is 1. The highest BCUT2D eigenvalue weighted by molar-refractivity contribution is 5.93. The van der Waals surface area contributed by atoms with E-state index in [1.807, 2.05) is 59.5 Å². The van der Waals surface area contributed by atoms with Gasteiger partial charge in [-0.1, -0.05) is 42.5 Å². The van der Waals surface area contributed by atoms with Gasteiger partial charge in [0, 0.05) is 31.7 Å². The molecule has 1 N–H and O–H groups in total. The van der Waals surface area contributed by atoms with Gasteiger partial charge in [0.2, 0.25) is 5.91 Å². The van der Waals surface area contributed by atoms with Gasteiger partial charge < -0.3 is 14.5 Å². The lowest BCUT2D eigenvalue weighted by molar-refractivity contribution is -0.131. The summed E-state index contributed by atoms with van der Waals surface area (Å²) in [5.41, 5.74) is 3.12. The number of carbonyl (C=O) groups is 2. The Hall–Kier alpha value is -3.61. The van der Waals surface area contributed by atoms with Gasteiger partial charge in [-0.05, 0) is 23.8 Å². The van der Waals surface area contributed by atoms with Crippen LogP contribution in [0.2, 0.25) is 0 Å². The molecular formula is C23H24N4O3. The number of aromatic nitrogens is 2. The predicted octanol–water partition coefficient (Wildman–Crippen LogP) is 2.61. The topological polar surface area (TPSA) is 78.5 Å². The maximum absolute atomic E-state index is 12.8. The van der Waals surface area contributed by atoms with Gasteiger partial charge in [-0.25, -0.2) is 0 Å². The number of nitrogens with zero attached hydrogens (tertiary/aromatic N) is 3. The molecule has 30 heavy (non-hydrogen) atoms. The molecule has 1 saturated heterocycles. The SMILES string of the molecule is COc1ccc(CC(=O)N2CCN(C(=O)c3cc(-c4ccccc4)n[nH]3)CC2)cc1. The van der Waals surface area contributed by atoms with Crippen LogP contribution < -0.4 is 4.74 Å². The Balaban J connectivity index is 1.32. The molecule has 7 heteroatoms. The van der Waals surface area contributed by atoms with Crippen LogP contribution in [0.1, 0.15) is 16.1 Å². The summed E-state index contributed by atoms with van der Waals surface area (Å²) in [5.74, 6) is 0.750. The lowest BCUT2D eigenvalue weighted by atomic mass is 10.1. The van der Waals surface area contributed by atoms with Crippen molar-refractivity contribution in [2.75, 3.05) is 33.3 Å². The molecule has 1 fully saturated rings. The first-order valence-corrected chi connectivity index (χ1v) is 9.95. The third-order valence-corrected chi connectivity index (χ3v) is 5.31. The summed E-state index contributed by atoms with van der Waals surface area (Å²) >= 11 is 0. The number of aromatic amines is 1. The van der Waals surface area contributed by atoms with Crippen molar-refractivity contribution in [3.8, 4) is 17.0 Å². The monoisotopic (exact) mass is 404 g/mol. The van der Waals surface area contributed by atoms with Crippen molar-refractivity contribution in [3.05, 3.63) is 71.9 Å². The van der Waals surface area contributed by atoms with E-state index in [9.17, 15) is 9.59 Å². The summed E-state index contributed by atoms with van der Waals surface area (Å²) in [5, 5.41) is 7.10. The van der Waals surface area contributed by atoms with E-state index >= 15 is 0 Å². The van der Waals surface area contributed by atoms with Gasteiger partial charge in [0.15, 0.2) is 0 Å². The van der Waals surface area contributed by atoms with E-state index < -0.39 is 0 Å². The normalized spacial score (nSPS) is 13.9. The van der Waals surface area contributed by atoms with E-state index in [1.165, 1.54) is 0 Å². The highest BCUT2D eigenvalue weighted by atomic mass is 16.5. The number of amides is 2. The van der Waals surface area contributed by atoms with Crippen molar-refractivity contribution in [1.29, 1.82) is 0 Å². The number of hydrogen-bond donors (Lipinski definition) is 1. The molecule has 0 bridgehead atoms. The average molecular weight is 404 g/mol. The van der Waals surface area contributed by atoms with Gasteiger partial charge in [0.1, 0.15) is 11.4 Å². The summed E-state index contributed by atoms with van der Waals surface area (Å²) in [4.78, 5) is 29.0. The number of hydrogen-bond acceptors (Lipinski definition) is 4. The number of methoxy groups -OCH3 is 1. The van der Waals surface area contributed by atoms with Gasteiger partial charge in [-0.3, -0.25) is 14.7 Å².